The molecule has 13 nitrogen and oxygen atoms in total. The summed E-state index contributed by atoms with van der Waals surface area (Å²) < 4.78 is 52.0. The Morgan fingerprint density at radius 1 is 1.02 bits per heavy atom. The molecule has 4 aromatic rings. The number of carbonyl (C=O) groups excluding carboxylic acids is 3. The first-order valence-corrected chi connectivity index (χ1v) is 19.1. The number of amides is 4. The summed E-state index contributed by atoms with van der Waals surface area (Å²) >= 11 is 0. The topological polar surface area (TPSA) is 162 Å². The lowest BCUT2D eigenvalue weighted by atomic mass is 9.99. The van der Waals surface area contributed by atoms with Crippen LogP contribution in [0.5, 0.6) is 0 Å². The first-order chi connectivity index (χ1) is 26.4. The van der Waals surface area contributed by atoms with Crippen molar-refractivity contribution in [2.24, 2.45) is 5.92 Å². The Bertz CT molecular complexity index is 2130. The number of nitrogens with one attached hydrogen (secondary N) is 3. The molecule has 16 heteroatoms. The Morgan fingerprint density at radius 2 is 1.73 bits per heavy atom. The highest BCUT2D eigenvalue weighted by atomic mass is 19.1. The highest BCUT2D eigenvalue weighted by Gasteiger charge is 2.40. The molecule has 2 saturated heterocycles. The molecule has 2 aliphatic rings. The van der Waals surface area contributed by atoms with Gasteiger partial charge in [0.05, 0.1) is 23.3 Å². The van der Waals surface area contributed by atoms with Crippen LogP contribution in [0.2, 0.25) is 0 Å². The van der Waals surface area contributed by atoms with Gasteiger partial charge < -0.3 is 39.8 Å². The van der Waals surface area contributed by atoms with Gasteiger partial charge in [0.1, 0.15) is 35.5 Å². The van der Waals surface area contributed by atoms with Crippen molar-refractivity contribution in [3.8, 4) is 11.5 Å². The summed E-state index contributed by atoms with van der Waals surface area (Å²) in [6.45, 7) is 10.9. The lowest BCUT2D eigenvalue weighted by Gasteiger charge is -2.31. The molecule has 2 aromatic heterocycles. The van der Waals surface area contributed by atoms with Gasteiger partial charge in [-0.2, -0.15) is 0 Å². The molecule has 4 amide bonds. The van der Waals surface area contributed by atoms with E-state index in [9.17, 15) is 33.1 Å². The van der Waals surface area contributed by atoms with Crippen LogP contribution in [-0.2, 0) is 27.3 Å². The maximum absolute atomic E-state index is 15.3. The SMILES string of the molecule is CC[C@H](NC(=O)OC(C)(C)C)C(=O)N1C[C@@H](F)C[C@H]1Cc1c(-c2nc3cc(F)ccc3n2C[C@@H]2CCCN2C(=O)[C@@H](NC(=O)O)C(C)C)[nH]c2cc(F)ccc12. The van der Waals surface area contributed by atoms with Crippen LogP contribution >= 0.6 is 0 Å². The van der Waals surface area contributed by atoms with Crippen LogP contribution in [0, 0.1) is 17.6 Å². The molecule has 0 aliphatic carbocycles. The number of H-pyrrole nitrogens is 1. The van der Waals surface area contributed by atoms with Crippen molar-refractivity contribution >= 4 is 45.9 Å². The molecule has 4 N–H and O–H groups in total. The lowest BCUT2D eigenvalue weighted by molar-refractivity contribution is -0.135. The zero-order chi connectivity index (χ0) is 40.6. The summed E-state index contributed by atoms with van der Waals surface area (Å²) in [5.41, 5.74) is 1.63. The van der Waals surface area contributed by atoms with Gasteiger partial charge in [0.2, 0.25) is 11.8 Å². The van der Waals surface area contributed by atoms with Crippen LogP contribution in [0.4, 0.5) is 22.8 Å². The number of ether oxygens (including phenoxy) is 1. The number of aromatic nitrogens is 3. The molecule has 0 unspecified atom stereocenters. The van der Waals surface area contributed by atoms with Crippen LogP contribution in [0.1, 0.15) is 72.8 Å². The quantitative estimate of drug-likeness (QED) is 0.135. The highest BCUT2D eigenvalue weighted by Crippen LogP contribution is 2.37. The summed E-state index contributed by atoms with van der Waals surface area (Å²) in [6, 6.07) is 5.52. The molecule has 6 rings (SSSR count). The summed E-state index contributed by atoms with van der Waals surface area (Å²) in [5.74, 6) is -1.75. The molecular formula is C40H50F3N7O6. The Hall–Kier alpha value is -5.28. The number of benzene rings is 2. The van der Waals surface area contributed by atoms with E-state index in [4.69, 9.17) is 9.72 Å². The molecule has 56 heavy (non-hydrogen) atoms. The second-order valence-electron chi connectivity index (χ2n) is 16.1. The number of halogens is 3. The number of alkyl halides is 1. The smallest absolute Gasteiger partial charge is 0.408 e. The largest absolute Gasteiger partial charge is 0.465 e. The fourth-order valence-electron chi connectivity index (χ4n) is 8.01. The van der Waals surface area contributed by atoms with Crippen LogP contribution in [0.3, 0.4) is 0 Å². The number of rotatable bonds is 11. The van der Waals surface area contributed by atoms with E-state index in [0.717, 1.165) is 0 Å². The number of alkyl carbamates (subject to hydrolysis) is 1. The Morgan fingerprint density at radius 3 is 2.41 bits per heavy atom. The van der Waals surface area contributed by atoms with Gasteiger partial charge in [-0.1, -0.05) is 20.8 Å². The van der Waals surface area contributed by atoms with Gasteiger partial charge in [0.25, 0.3) is 0 Å². The molecule has 302 valence electrons. The molecule has 0 radical (unpaired) electrons. The highest BCUT2D eigenvalue weighted by molar-refractivity contribution is 5.92. The van der Waals surface area contributed by atoms with Gasteiger partial charge in [-0.15, -0.1) is 0 Å². The Kier molecular flexibility index (Phi) is 11.6. The van der Waals surface area contributed by atoms with Gasteiger partial charge in [-0.25, -0.2) is 27.7 Å². The third kappa shape index (κ3) is 8.58. The number of aromatic amines is 1. The number of nitrogens with zero attached hydrogens (tertiary/aromatic N) is 4. The maximum Gasteiger partial charge on any atom is 0.408 e. The predicted molar refractivity (Wildman–Crippen MR) is 204 cm³/mol. The van der Waals surface area contributed by atoms with Crippen molar-refractivity contribution in [1.82, 2.24) is 35.0 Å². The van der Waals surface area contributed by atoms with E-state index in [1.165, 1.54) is 29.2 Å². The zero-order valence-electron chi connectivity index (χ0n) is 32.5. The molecule has 2 aliphatic heterocycles. The predicted octanol–water partition coefficient (Wildman–Crippen LogP) is 6.53. The minimum absolute atomic E-state index is 0.0179. The third-order valence-corrected chi connectivity index (χ3v) is 10.6. The van der Waals surface area contributed by atoms with E-state index in [1.807, 2.05) is 4.57 Å². The van der Waals surface area contributed by atoms with Crippen molar-refractivity contribution in [3.63, 3.8) is 0 Å². The normalized spacial score (nSPS) is 19.9. The Labute approximate surface area is 322 Å². The fourth-order valence-corrected chi connectivity index (χ4v) is 8.01. The number of hydrogen-bond donors (Lipinski definition) is 4. The summed E-state index contributed by atoms with van der Waals surface area (Å²) in [4.78, 5) is 63.3. The number of fused-ring (bicyclic) bond motifs is 2. The molecule has 0 spiro atoms. The van der Waals surface area contributed by atoms with Crippen molar-refractivity contribution in [2.75, 3.05) is 13.1 Å². The standard InChI is InChI=1S/C40H50F3N7O6/c1-7-29(46-39(55)56-40(4,5)6)36(51)49-19-24(43)15-26(49)18-28-27-12-10-22(41)16-30(27)44-34(28)35-45-31-17-23(42)11-13-32(31)50(35)20-25-9-8-14-48(25)37(52)33(21(2)3)47-38(53)54/h10-13,16-17,21,24-26,29,33,44,47H,7-9,14-15,18-20H2,1-6H3,(H,46,55)(H,53,54)/t24-,25-,26-,29-,33-/m0/s1. The van der Waals surface area contributed by atoms with E-state index < -0.39 is 59.6 Å². The van der Waals surface area contributed by atoms with Gasteiger partial charge in [-0.3, -0.25) is 9.59 Å². The minimum atomic E-state index is -1.34. The van der Waals surface area contributed by atoms with Crippen LogP contribution < -0.4 is 10.6 Å². The summed E-state index contributed by atoms with van der Waals surface area (Å²) in [7, 11) is 0. The minimum Gasteiger partial charge on any atom is -0.465 e. The number of carbonyl (C=O) groups is 4. The monoisotopic (exact) mass is 781 g/mol. The van der Waals surface area contributed by atoms with E-state index in [2.05, 4.69) is 15.6 Å². The van der Waals surface area contributed by atoms with Crippen molar-refractivity contribution in [1.29, 1.82) is 0 Å². The van der Waals surface area contributed by atoms with E-state index >= 15 is 4.39 Å². The number of carboxylic acid groups (broad SMARTS) is 1. The van der Waals surface area contributed by atoms with E-state index in [1.54, 1.807) is 58.6 Å². The average Bonchev–Trinajstić information content (AvgIpc) is 3.89. The van der Waals surface area contributed by atoms with Gasteiger partial charge >= 0.3 is 12.2 Å². The third-order valence-electron chi connectivity index (χ3n) is 10.6. The molecule has 0 bridgehead atoms. The first-order valence-electron chi connectivity index (χ1n) is 19.1. The summed E-state index contributed by atoms with van der Waals surface area (Å²) in [6.07, 6.45) is -1.71. The molecular weight excluding hydrogens is 731 g/mol. The maximum atomic E-state index is 15.3. The second-order valence-corrected chi connectivity index (χ2v) is 16.1. The second kappa shape index (κ2) is 16.1. The van der Waals surface area contributed by atoms with Crippen molar-refractivity contribution < 1.29 is 42.2 Å². The van der Waals surface area contributed by atoms with E-state index in [-0.39, 0.29) is 50.2 Å². The summed E-state index contributed by atoms with van der Waals surface area (Å²) in [5, 5.41) is 15.1. The fraction of sp³-hybridized carbons (Fsp3) is 0.525. The zero-order valence-corrected chi connectivity index (χ0v) is 32.5. The molecule has 2 aromatic carbocycles. The van der Waals surface area contributed by atoms with Gasteiger partial charge in [0, 0.05) is 48.6 Å². The van der Waals surface area contributed by atoms with Crippen molar-refractivity contribution in [2.45, 2.75) is 116 Å². The Balaban J connectivity index is 1.40. The van der Waals surface area contributed by atoms with Gasteiger partial charge in [-0.05, 0) is 88.3 Å². The molecule has 4 heterocycles. The first kappa shape index (κ1) is 40.4. The lowest BCUT2D eigenvalue weighted by Crippen LogP contribution is -2.52. The number of hydrogen-bond acceptors (Lipinski definition) is 6. The van der Waals surface area contributed by atoms with Crippen molar-refractivity contribution in [3.05, 3.63) is 53.6 Å². The molecule has 5 atom stereocenters. The number of likely N-dealkylation sites (tertiary alicyclic amines) is 2. The van der Waals surface area contributed by atoms with E-state index in [0.29, 0.717) is 58.4 Å². The van der Waals surface area contributed by atoms with Gasteiger partial charge in [0.15, 0.2) is 5.82 Å². The molecule has 2 fully saturated rings. The van der Waals surface area contributed by atoms with Crippen LogP contribution in [0.25, 0.3) is 33.5 Å². The number of imidazole rings is 1. The average molecular weight is 782 g/mol. The van der Waals surface area contributed by atoms with Crippen LogP contribution in [-0.4, -0.2) is 102 Å². The van der Waals surface area contributed by atoms with Crippen LogP contribution in [0.15, 0.2) is 36.4 Å². The molecule has 0 saturated carbocycles.